The van der Waals surface area contributed by atoms with Crippen molar-refractivity contribution in [2.24, 2.45) is 5.92 Å². The van der Waals surface area contributed by atoms with Crippen LogP contribution in [0.5, 0.6) is 11.5 Å². The Balaban J connectivity index is 1.66. The van der Waals surface area contributed by atoms with Crippen LogP contribution in [0.15, 0.2) is 42.5 Å². The van der Waals surface area contributed by atoms with Gasteiger partial charge in [0.15, 0.2) is 0 Å². The van der Waals surface area contributed by atoms with E-state index in [1.807, 2.05) is 6.07 Å². The number of ether oxygens (including phenoxy) is 2. The largest absolute Gasteiger partial charge is 0.497 e. The van der Waals surface area contributed by atoms with Gasteiger partial charge in [-0.2, -0.15) is 0 Å². The number of carbonyl (C=O) groups excluding carboxylic acids is 1. The second kappa shape index (κ2) is 8.21. The number of benzene rings is 2. The molecule has 2 unspecified atom stereocenters. The molecule has 2 aromatic carbocycles. The standard InChI is InChI=1S/C21H24N2O5/c1-13(20(24)25)10-14-12-22-19-11-17(8-9-18(14)19)28-21(26)23(2)15-4-6-16(27-3)7-5-15/h4-9,11,13-14,22H,10,12H2,1-3H3,(H,24,25). The lowest BCUT2D eigenvalue weighted by molar-refractivity contribution is -0.141. The number of nitrogens with one attached hydrogen (secondary N) is 1. The number of rotatable bonds is 6. The molecule has 0 bridgehead atoms. The summed E-state index contributed by atoms with van der Waals surface area (Å²) in [6.07, 6.45) is 0.0634. The van der Waals surface area contributed by atoms with Crippen molar-refractivity contribution in [2.45, 2.75) is 19.3 Å². The molecule has 1 amide bonds. The number of anilines is 2. The fourth-order valence-corrected chi connectivity index (χ4v) is 3.27. The van der Waals surface area contributed by atoms with E-state index in [0.717, 1.165) is 11.3 Å². The molecule has 1 heterocycles. The molecule has 148 valence electrons. The molecule has 0 aliphatic carbocycles. The Bertz CT molecular complexity index is 866. The van der Waals surface area contributed by atoms with Crippen molar-refractivity contribution in [3.8, 4) is 11.5 Å². The van der Waals surface area contributed by atoms with E-state index in [0.29, 0.717) is 30.2 Å². The molecule has 0 saturated carbocycles. The lowest BCUT2D eigenvalue weighted by Gasteiger charge is -2.18. The Morgan fingerprint density at radius 2 is 1.89 bits per heavy atom. The summed E-state index contributed by atoms with van der Waals surface area (Å²) in [6, 6.07) is 12.5. The average Bonchev–Trinajstić information content (AvgIpc) is 3.09. The molecule has 0 radical (unpaired) electrons. The maximum Gasteiger partial charge on any atom is 0.419 e. The van der Waals surface area contributed by atoms with Gasteiger partial charge in [-0.15, -0.1) is 0 Å². The van der Waals surface area contributed by atoms with Crippen LogP contribution in [0.2, 0.25) is 0 Å². The molecule has 1 aliphatic heterocycles. The summed E-state index contributed by atoms with van der Waals surface area (Å²) in [7, 11) is 3.22. The summed E-state index contributed by atoms with van der Waals surface area (Å²) in [5.74, 6) is 0.0762. The first kappa shape index (κ1) is 19.5. The SMILES string of the molecule is COc1ccc(N(C)C(=O)Oc2ccc3c(c2)NCC3CC(C)C(=O)O)cc1. The molecule has 2 atom stereocenters. The van der Waals surface area contributed by atoms with Crippen molar-refractivity contribution in [3.05, 3.63) is 48.0 Å². The minimum Gasteiger partial charge on any atom is -0.497 e. The predicted octanol–water partition coefficient (Wildman–Crippen LogP) is 3.95. The molecule has 7 nitrogen and oxygen atoms in total. The summed E-state index contributed by atoms with van der Waals surface area (Å²) < 4.78 is 10.6. The lowest BCUT2D eigenvalue weighted by atomic mass is 9.91. The smallest absolute Gasteiger partial charge is 0.419 e. The van der Waals surface area contributed by atoms with Crippen molar-refractivity contribution in [3.63, 3.8) is 0 Å². The van der Waals surface area contributed by atoms with Gasteiger partial charge in [0.05, 0.1) is 13.0 Å². The van der Waals surface area contributed by atoms with Crippen molar-refractivity contribution >= 4 is 23.4 Å². The average molecular weight is 384 g/mol. The Labute approximate surface area is 163 Å². The number of carboxylic acid groups (broad SMARTS) is 1. The van der Waals surface area contributed by atoms with Crippen molar-refractivity contribution in [1.82, 2.24) is 0 Å². The Kier molecular flexibility index (Phi) is 5.73. The number of aliphatic carboxylic acids is 1. The Morgan fingerprint density at radius 1 is 1.21 bits per heavy atom. The molecule has 0 fully saturated rings. The second-order valence-corrected chi connectivity index (χ2v) is 6.93. The maximum atomic E-state index is 12.4. The molecule has 0 aromatic heterocycles. The summed E-state index contributed by atoms with van der Waals surface area (Å²) in [5, 5.41) is 12.4. The summed E-state index contributed by atoms with van der Waals surface area (Å²) in [5.41, 5.74) is 2.62. The zero-order valence-corrected chi connectivity index (χ0v) is 16.1. The quantitative estimate of drug-likeness (QED) is 0.784. The van der Waals surface area contributed by atoms with E-state index in [1.54, 1.807) is 57.5 Å². The summed E-state index contributed by atoms with van der Waals surface area (Å²) in [6.45, 7) is 2.39. The van der Waals surface area contributed by atoms with Crippen molar-refractivity contribution in [2.75, 3.05) is 30.9 Å². The van der Waals surface area contributed by atoms with Crippen molar-refractivity contribution < 1.29 is 24.2 Å². The minimum atomic E-state index is -0.791. The minimum absolute atomic E-state index is 0.132. The van der Waals surface area contributed by atoms with Crippen LogP contribution < -0.4 is 19.7 Å². The number of nitrogens with zero attached hydrogens (tertiary/aromatic N) is 1. The van der Waals surface area contributed by atoms with E-state index in [-0.39, 0.29) is 5.92 Å². The lowest BCUT2D eigenvalue weighted by Crippen LogP contribution is -2.29. The van der Waals surface area contributed by atoms with Crippen LogP contribution in [0.1, 0.15) is 24.8 Å². The van der Waals surface area contributed by atoms with E-state index in [1.165, 1.54) is 4.90 Å². The molecule has 0 saturated heterocycles. The van der Waals surface area contributed by atoms with Gasteiger partial charge in [0.25, 0.3) is 0 Å². The first-order chi connectivity index (χ1) is 13.4. The normalized spacial score (nSPS) is 15.9. The zero-order valence-electron chi connectivity index (χ0n) is 16.1. The second-order valence-electron chi connectivity index (χ2n) is 6.93. The van der Waals surface area contributed by atoms with Crippen LogP contribution in [-0.4, -0.2) is 37.9 Å². The highest BCUT2D eigenvalue weighted by Crippen LogP contribution is 2.37. The van der Waals surface area contributed by atoms with Gasteiger partial charge in [-0.25, -0.2) is 4.79 Å². The van der Waals surface area contributed by atoms with Crippen LogP contribution in [0.3, 0.4) is 0 Å². The van der Waals surface area contributed by atoms with E-state index in [9.17, 15) is 9.59 Å². The number of hydrogen-bond donors (Lipinski definition) is 2. The van der Waals surface area contributed by atoms with Crippen LogP contribution in [0, 0.1) is 5.92 Å². The van der Waals surface area contributed by atoms with E-state index in [4.69, 9.17) is 14.6 Å². The van der Waals surface area contributed by atoms with E-state index in [2.05, 4.69) is 5.32 Å². The van der Waals surface area contributed by atoms with Crippen LogP contribution >= 0.6 is 0 Å². The predicted molar refractivity (Wildman–Crippen MR) is 107 cm³/mol. The number of fused-ring (bicyclic) bond motifs is 1. The van der Waals surface area contributed by atoms with E-state index >= 15 is 0 Å². The molecule has 28 heavy (non-hydrogen) atoms. The molecule has 2 N–H and O–H groups in total. The highest BCUT2D eigenvalue weighted by atomic mass is 16.6. The molecular formula is C21H24N2O5. The van der Waals surface area contributed by atoms with Gasteiger partial charge in [0.1, 0.15) is 11.5 Å². The molecule has 0 spiro atoms. The zero-order chi connectivity index (χ0) is 20.3. The first-order valence-electron chi connectivity index (χ1n) is 9.09. The van der Waals surface area contributed by atoms with Crippen LogP contribution in [-0.2, 0) is 4.79 Å². The van der Waals surface area contributed by atoms with Gasteiger partial charge in [-0.3, -0.25) is 9.69 Å². The van der Waals surface area contributed by atoms with Crippen LogP contribution in [0.4, 0.5) is 16.2 Å². The first-order valence-corrected chi connectivity index (χ1v) is 9.09. The van der Waals surface area contributed by atoms with Gasteiger partial charge in [-0.1, -0.05) is 13.0 Å². The molecule has 2 aromatic rings. The maximum absolute atomic E-state index is 12.4. The van der Waals surface area contributed by atoms with Crippen LogP contribution in [0.25, 0.3) is 0 Å². The highest BCUT2D eigenvalue weighted by Gasteiger charge is 2.27. The topological polar surface area (TPSA) is 88.1 Å². The number of carboxylic acids is 1. The third-order valence-corrected chi connectivity index (χ3v) is 5.00. The van der Waals surface area contributed by atoms with Gasteiger partial charge in [0.2, 0.25) is 0 Å². The van der Waals surface area contributed by atoms with Gasteiger partial charge in [-0.05, 0) is 42.3 Å². The third kappa shape index (κ3) is 4.19. The van der Waals surface area contributed by atoms with Crippen molar-refractivity contribution in [1.29, 1.82) is 0 Å². The van der Waals surface area contributed by atoms with Gasteiger partial charge < -0.3 is 19.9 Å². The molecule has 1 aliphatic rings. The fraction of sp³-hybridized carbons (Fsp3) is 0.333. The molecule has 7 heteroatoms. The number of carbonyl (C=O) groups is 2. The summed E-state index contributed by atoms with van der Waals surface area (Å²) >= 11 is 0. The number of amides is 1. The Hall–Kier alpha value is -3.22. The molecular weight excluding hydrogens is 360 g/mol. The van der Waals surface area contributed by atoms with E-state index < -0.39 is 18.0 Å². The highest BCUT2D eigenvalue weighted by molar-refractivity contribution is 5.88. The molecule has 3 rings (SSSR count). The Morgan fingerprint density at radius 3 is 2.54 bits per heavy atom. The number of hydrogen-bond acceptors (Lipinski definition) is 5. The van der Waals surface area contributed by atoms with Gasteiger partial charge >= 0.3 is 12.1 Å². The monoisotopic (exact) mass is 384 g/mol. The number of methoxy groups -OCH3 is 1. The van der Waals surface area contributed by atoms with Gasteiger partial charge in [0, 0.05) is 37.0 Å². The third-order valence-electron chi connectivity index (χ3n) is 5.00. The summed E-state index contributed by atoms with van der Waals surface area (Å²) in [4.78, 5) is 25.0. The fourth-order valence-electron chi connectivity index (χ4n) is 3.27.